The van der Waals surface area contributed by atoms with Crippen LogP contribution in [0, 0.1) is 5.92 Å². The number of furan rings is 1. The molecule has 0 spiro atoms. The Bertz CT molecular complexity index is 561. The highest BCUT2D eigenvalue weighted by atomic mass is 32.2. The highest BCUT2D eigenvalue weighted by Crippen LogP contribution is 2.24. The summed E-state index contributed by atoms with van der Waals surface area (Å²) >= 11 is 3.47. The second-order valence-corrected chi connectivity index (χ2v) is 7.41. The molecule has 22 heavy (non-hydrogen) atoms. The second-order valence-electron chi connectivity index (χ2n) is 5.43. The lowest BCUT2D eigenvalue weighted by Gasteiger charge is -2.31. The van der Waals surface area contributed by atoms with Gasteiger partial charge in [0.25, 0.3) is 0 Å². The molecule has 2 aromatic heterocycles. The molecule has 0 aromatic carbocycles. The van der Waals surface area contributed by atoms with Crippen molar-refractivity contribution in [2.45, 2.75) is 18.6 Å². The standard InChI is InChI=1S/C16H20N2O2S2/c19-16(17-15-4-2-10-22-15)18-7-5-13(6-8-18)11-21-12-14-3-1-9-20-14/h1-4,9-10,13H,5-8,11-12H2,(H,17,19). The van der Waals surface area contributed by atoms with Crippen LogP contribution in [0.1, 0.15) is 18.6 Å². The molecule has 0 saturated carbocycles. The summed E-state index contributed by atoms with van der Waals surface area (Å²) in [6.07, 6.45) is 3.90. The third-order valence-electron chi connectivity index (χ3n) is 3.83. The van der Waals surface area contributed by atoms with Gasteiger partial charge >= 0.3 is 6.03 Å². The van der Waals surface area contributed by atoms with E-state index < -0.39 is 0 Å². The van der Waals surface area contributed by atoms with Crippen LogP contribution >= 0.6 is 23.1 Å². The van der Waals surface area contributed by atoms with Crippen molar-refractivity contribution in [3.05, 3.63) is 41.7 Å². The van der Waals surface area contributed by atoms with Crippen molar-refractivity contribution in [1.29, 1.82) is 0 Å². The highest BCUT2D eigenvalue weighted by molar-refractivity contribution is 7.98. The van der Waals surface area contributed by atoms with Crippen molar-refractivity contribution in [2.24, 2.45) is 5.92 Å². The molecule has 3 rings (SSSR count). The van der Waals surface area contributed by atoms with Gasteiger partial charge in [0.15, 0.2) is 0 Å². The zero-order valence-electron chi connectivity index (χ0n) is 12.4. The highest BCUT2D eigenvalue weighted by Gasteiger charge is 2.22. The number of hydrogen-bond acceptors (Lipinski definition) is 4. The lowest BCUT2D eigenvalue weighted by Crippen LogP contribution is -2.41. The minimum atomic E-state index is 0.0316. The molecular weight excluding hydrogens is 316 g/mol. The summed E-state index contributed by atoms with van der Waals surface area (Å²) in [5, 5.41) is 5.84. The molecule has 1 N–H and O–H groups in total. The van der Waals surface area contributed by atoms with Crippen molar-refractivity contribution in [3.63, 3.8) is 0 Å². The Kier molecular flexibility index (Phi) is 5.45. The molecule has 2 aromatic rings. The number of carbonyl (C=O) groups is 1. The van der Waals surface area contributed by atoms with Gasteiger partial charge in [0.05, 0.1) is 17.0 Å². The zero-order valence-corrected chi connectivity index (χ0v) is 14.0. The van der Waals surface area contributed by atoms with Crippen LogP contribution in [0.25, 0.3) is 0 Å². The van der Waals surface area contributed by atoms with Crippen molar-refractivity contribution in [3.8, 4) is 0 Å². The number of anilines is 1. The molecule has 0 radical (unpaired) electrons. The number of hydrogen-bond donors (Lipinski definition) is 1. The monoisotopic (exact) mass is 336 g/mol. The Morgan fingerprint density at radius 2 is 2.23 bits per heavy atom. The van der Waals surface area contributed by atoms with E-state index in [2.05, 4.69) is 5.32 Å². The lowest BCUT2D eigenvalue weighted by atomic mass is 9.99. The minimum absolute atomic E-state index is 0.0316. The van der Waals surface area contributed by atoms with Gasteiger partial charge in [0.2, 0.25) is 0 Å². The van der Waals surface area contributed by atoms with E-state index in [1.807, 2.05) is 46.3 Å². The Labute approximate surface area is 138 Å². The maximum Gasteiger partial charge on any atom is 0.322 e. The Morgan fingerprint density at radius 1 is 1.36 bits per heavy atom. The van der Waals surface area contributed by atoms with E-state index in [9.17, 15) is 4.79 Å². The third-order valence-corrected chi connectivity index (χ3v) is 5.81. The largest absolute Gasteiger partial charge is 0.468 e. The maximum absolute atomic E-state index is 12.1. The van der Waals surface area contributed by atoms with Gasteiger partial charge in [0.1, 0.15) is 5.76 Å². The normalized spacial score (nSPS) is 15.9. The molecule has 2 amide bonds. The van der Waals surface area contributed by atoms with Gasteiger partial charge in [-0.2, -0.15) is 11.8 Å². The van der Waals surface area contributed by atoms with Gasteiger partial charge in [0, 0.05) is 13.1 Å². The molecule has 4 nitrogen and oxygen atoms in total. The molecule has 1 aliphatic rings. The summed E-state index contributed by atoms with van der Waals surface area (Å²) in [5.74, 6) is 3.82. The molecule has 1 fully saturated rings. The summed E-state index contributed by atoms with van der Waals surface area (Å²) in [4.78, 5) is 14.1. The fourth-order valence-corrected chi connectivity index (χ4v) is 4.31. The average molecular weight is 336 g/mol. The summed E-state index contributed by atoms with van der Waals surface area (Å²) in [6, 6.07) is 7.86. The fourth-order valence-electron chi connectivity index (χ4n) is 2.56. The smallest absolute Gasteiger partial charge is 0.322 e. The molecule has 3 heterocycles. The van der Waals surface area contributed by atoms with E-state index in [4.69, 9.17) is 4.42 Å². The first-order valence-corrected chi connectivity index (χ1v) is 9.54. The number of likely N-dealkylation sites (tertiary alicyclic amines) is 1. The van der Waals surface area contributed by atoms with E-state index in [0.29, 0.717) is 5.92 Å². The number of thioether (sulfide) groups is 1. The predicted molar refractivity (Wildman–Crippen MR) is 92.5 cm³/mol. The zero-order chi connectivity index (χ0) is 15.2. The Morgan fingerprint density at radius 3 is 2.91 bits per heavy atom. The van der Waals surface area contributed by atoms with Crippen LogP contribution in [0.3, 0.4) is 0 Å². The van der Waals surface area contributed by atoms with Crippen LogP contribution < -0.4 is 5.32 Å². The van der Waals surface area contributed by atoms with E-state index in [1.54, 1.807) is 17.6 Å². The molecule has 0 unspecified atom stereocenters. The number of rotatable bonds is 5. The number of nitrogens with one attached hydrogen (secondary N) is 1. The van der Waals surface area contributed by atoms with Gasteiger partial charge in [-0.05, 0) is 54.2 Å². The molecule has 1 saturated heterocycles. The van der Waals surface area contributed by atoms with Crippen molar-refractivity contribution in [1.82, 2.24) is 4.90 Å². The van der Waals surface area contributed by atoms with Crippen molar-refractivity contribution in [2.75, 3.05) is 24.2 Å². The van der Waals surface area contributed by atoms with Gasteiger partial charge in [-0.25, -0.2) is 4.79 Å². The molecule has 0 bridgehead atoms. The van der Waals surface area contributed by atoms with Crippen molar-refractivity contribution < 1.29 is 9.21 Å². The Balaban J connectivity index is 1.36. The number of carbonyl (C=O) groups excluding carboxylic acids is 1. The average Bonchev–Trinajstić information content (AvgIpc) is 3.21. The number of thiophene rings is 1. The number of urea groups is 1. The molecule has 1 aliphatic heterocycles. The first kappa shape index (κ1) is 15.5. The van der Waals surface area contributed by atoms with Gasteiger partial charge in [-0.3, -0.25) is 5.32 Å². The van der Waals surface area contributed by atoms with Crippen LogP contribution in [0.15, 0.2) is 40.3 Å². The van der Waals surface area contributed by atoms with Gasteiger partial charge in [-0.1, -0.05) is 0 Å². The lowest BCUT2D eigenvalue weighted by molar-refractivity contribution is 0.187. The van der Waals surface area contributed by atoms with Crippen LogP contribution in [0.4, 0.5) is 9.80 Å². The molecule has 0 atom stereocenters. The number of nitrogens with zero attached hydrogens (tertiary/aromatic N) is 1. The third kappa shape index (κ3) is 4.30. The summed E-state index contributed by atoms with van der Waals surface area (Å²) < 4.78 is 5.34. The van der Waals surface area contributed by atoms with Crippen LogP contribution in [0.2, 0.25) is 0 Å². The summed E-state index contributed by atoms with van der Waals surface area (Å²) in [5.41, 5.74) is 0. The van der Waals surface area contributed by atoms with Gasteiger partial charge in [-0.15, -0.1) is 11.3 Å². The summed E-state index contributed by atoms with van der Waals surface area (Å²) in [6.45, 7) is 1.70. The van der Waals surface area contributed by atoms with E-state index >= 15 is 0 Å². The molecule has 6 heteroatoms. The number of piperidine rings is 1. The van der Waals surface area contributed by atoms with Crippen LogP contribution in [-0.4, -0.2) is 29.8 Å². The number of amides is 2. The van der Waals surface area contributed by atoms with Crippen molar-refractivity contribution >= 4 is 34.1 Å². The molecular formula is C16H20N2O2S2. The molecule has 118 valence electrons. The van der Waals surface area contributed by atoms with Gasteiger partial charge < -0.3 is 9.32 Å². The summed E-state index contributed by atoms with van der Waals surface area (Å²) in [7, 11) is 0. The first-order chi connectivity index (χ1) is 10.8. The topological polar surface area (TPSA) is 45.5 Å². The maximum atomic E-state index is 12.1. The quantitative estimate of drug-likeness (QED) is 0.873. The van der Waals surface area contributed by atoms with E-state index in [-0.39, 0.29) is 6.03 Å². The SMILES string of the molecule is O=C(Nc1cccs1)N1CCC(CSCc2ccco2)CC1. The van der Waals surface area contributed by atoms with E-state index in [1.165, 1.54) is 0 Å². The predicted octanol–water partition coefficient (Wildman–Crippen LogP) is 4.52. The minimum Gasteiger partial charge on any atom is -0.468 e. The Hall–Kier alpha value is -1.40. The first-order valence-electron chi connectivity index (χ1n) is 7.51. The molecule has 0 aliphatic carbocycles. The van der Waals surface area contributed by atoms with E-state index in [0.717, 1.165) is 48.2 Å². The fraction of sp³-hybridized carbons (Fsp3) is 0.438. The van der Waals surface area contributed by atoms with Crippen LogP contribution in [-0.2, 0) is 5.75 Å². The van der Waals surface area contributed by atoms with Crippen LogP contribution in [0.5, 0.6) is 0 Å². The second kappa shape index (κ2) is 7.74.